The summed E-state index contributed by atoms with van der Waals surface area (Å²) in [5.41, 5.74) is 8.65. The van der Waals surface area contributed by atoms with E-state index in [2.05, 4.69) is 46.5 Å². The predicted molar refractivity (Wildman–Crippen MR) is 126 cm³/mol. The quantitative estimate of drug-likeness (QED) is 0.253. The molecule has 1 heterocycles. The van der Waals surface area contributed by atoms with Crippen LogP contribution in [0, 0.1) is 0 Å². The first kappa shape index (κ1) is 22.7. The molecule has 3 rings (SSSR count). The number of guanidine groups is 1. The van der Waals surface area contributed by atoms with Gasteiger partial charge in [0.2, 0.25) is 0 Å². The van der Waals surface area contributed by atoms with Crippen molar-refractivity contribution in [2.75, 3.05) is 7.05 Å². The Morgan fingerprint density at radius 1 is 1.07 bits per heavy atom. The molecule has 0 bridgehead atoms. The lowest BCUT2D eigenvalue weighted by Crippen LogP contribution is -2.39. The van der Waals surface area contributed by atoms with Gasteiger partial charge in [0.15, 0.2) is 5.96 Å². The first-order valence-corrected chi connectivity index (χ1v) is 10.0. The molecule has 5 nitrogen and oxygen atoms in total. The Balaban J connectivity index is 0.00000280. The maximum atomic E-state index is 6.16. The monoisotopic (exact) mass is 496 g/mol. The second kappa shape index (κ2) is 12.1. The lowest BCUT2D eigenvalue weighted by atomic mass is 10.1. The summed E-state index contributed by atoms with van der Waals surface area (Å²) >= 11 is 0. The fourth-order valence-electron chi connectivity index (χ4n) is 3.73. The third kappa shape index (κ3) is 7.47. The van der Waals surface area contributed by atoms with E-state index >= 15 is 0 Å². The molecule has 1 aliphatic carbocycles. The van der Waals surface area contributed by atoms with Gasteiger partial charge in [0.25, 0.3) is 0 Å². The van der Waals surface area contributed by atoms with Crippen LogP contribution in [0.1, 0.15) is 55.4 Å². The molecule has 3 N–H and O–H groups in total. The summed E-state index contributed by atoms with van der Waals surface area (Å²) in [5.74, 6) is 1.55. The van der Waals surface area contributed by atoms with Crippen molar-refractivity contribution in [3.8, 4) is 0 Å². The lowest BCUT2D eigenvalue weighted by molar-refractivity contribution is 0.287. The molecule has 1 aromatic carbocycles. The number of hydrogen-bond acceptors (Lipinski definition) is 3. The third-order valence-corrected chi connectivity index (χ3v) is 5.19. The molecule has 1 fully saturated rings. The first-order valence-electron chi connectivity index (χ1n) is 10.0. The van der Waals surface area contributed by atoms with Crippen LogP contribution in [0.2, 0.25) is 0 Å². The number of nitrogens with two attached hydrogens (primary N) is 1. The molecule has 0 aliphatic heterocycles. The van der Waals surface area contributed by atoms with Crippen LogP contribution in [0.5, 0.6) is 0 Å². The van der Waals surface area contributed by atoms with Crippen molar-refractivity contribution >= 4 is 29.9 Å². The van der Waals surface area contributed by atoms with Crippen molar-refractivity contribution in [1.82, 2.24) is 10.2 Å². The van der Waals surface area contributed by atoms with Crippen LogP contribution in [0.15, 0.2) is 52.1 Å². The smallest absolute Gasteiger partial charge is 0.189 e. The summed E-state index contributed by atoms with van der Waals surface area (Å²) in [6.45, 7) is 2.24. The maximum absolute atomic E-state index is 6.16. The molecule has 0 radical (unpaired) electrons. The van der Waals surface area contributed by atoms with E-state index in [1.54, 1.807) is 6.26 Å². The molecule has 28 heavy (non-hydrogen) atoms. The van der Waals surface area contributed by atoms with E-state index in [4.69, 9.17) is 10.2 Å². The summed E-state index contributed by atoms with van der Waals surface area (Å²) in [6.07, 6.45) is 9.37. The van der Waals surface area contributed by atoms with Crippen molar-refractivity contribution in [2.45, 2.75) is 64.2 Å². The zero-order valence-corrected chi connectivity index (χ0v) is 19.1. The minimum Gasteiger partial charge on any atom is -0.468 e. The number of halogens is 1. The van der Waals surface area contributed by atoms with Crippen molar-refractivity contribution in [2.24, 2.45) is 10.7 Å². The Bertz CT molecular complexity index is 709. The van der Waals surface area contributed by atoms with Gasteiger partial charge in [0.05, 0.1) is 19.4 Å². The topological polar surface area (TPSA) is 66.8 Å². The van der Waals surface area contributed by atoms with Crippen LogP contribution in [0.25, 0.3) is 0 Å². The minimum atomic E-state index is 0. The van der Waals surface area contributed by atoms with Gasteiger partial charge in [-0.15, -0.1) is 24.0 Å². The summed E-state index contributed by atoms with van der Waals surface area (Å²) in [6, 6.07) is 12.9. The van der Waals surface area contributed by atoms with Crippen LogP contribution in [-0.2, 0) is 19.6 Å². The Morgan fingerprint density at radius 2 is 1.79 bits per heavy atom. The van der Waals surface area contributed by atoms with Crippen LogP contribution in [0.4, 0.5) is 0 Å². The molecular formula is C22H33IN4O. The zero-order chi connectivity index (χ0) is 18.9. The van der Waals surface area contributed by atoms with Gasteiger partial charge in [-0.25, -0.2) is 4.99 Å². The lowest BCUT2D eigenvalue weighted by Gasteiger charge is -2.18. The number of benzene rings is 1. The summed E-state index contributed by atoms with van der Waals surface area (Å²) in [4.78, 5) is 6.85. The molecule has 154 valence electrons. The van der Waals surface area contributed by atoms with Crippen molar-refractivity contribution < 1.29 is 4.42 Å². The number of hydrogen-bond donors (Lipinski definition) is 2. The Kier molecular flexibility index (Phi) is 9.84. The van der Waals surface area contributed by atoms with Gasteiger partial charge >= 0.3 is 0 Å². The van der Waals surface area contributed by atoms with Crippen molar-refractivity contribution in [3.63, 3.8) is 0 Å². The van der Waals surface area contributed by atoms with E-state index in [1.807, 2.05) is 12.1 Å². The van der Waals surface area contributed by atoms with Crippen molar-refractivity contribution in [3.05, 3.63) is 59.5 Å². The third-order valence-electron chi connectivity index (χ3n) is 5.19. The normalized spacial score (nSPS) is 15.9. The van der Waals surface area contributed by atoms with Gasteiger partial charge in [-0.1, -0.05) is 49.9 Å². The highest BCUT2D eigenvalue weighted by Gasteiger charge is 2.12. The highest BCUT2D eigenvalue weighted by molar-refractivity contribution is 14.0. The molecule has 0 atom stereocenters. The number of aliphatic imine (C=N–C) groups is 1. The van der Waals surface area contributed by atoms with E-state index in [-0.39, 0.29) is 24.0 Å². The molecule has 1 saturated carbocycles. The number of nitrogens with one attached hydrogen (secondary N) is 1. The second-order valence-corrected chi connectivity index (χ2v) is 7.55. The number of furan rings is 1. The largest absolute Gasteiger partial charge is 0.468 e. The van der Waals surface area contributed by atoms with Gasteiger partial charge < -0.3 is 15.5 Å². The van der Waals surface area contributed by atoms with Gasteiger partial charge in [-0.2, -0.15) is 0 Å². The van der Waals surface area contributed by atoms with Gasteiger partial charge in [-0.3, -0.25) is 4.90 Å². The highest BCUT2D eigenvalue weighted by atomic mass is 127. The molecule has 1 aromatic heterocycles. The maximum Gasteiger partial charge on any atom is 0.189 e. The minimum absolute atomic E-state index is 0. The molecule has 0 spiro atoms. The van der Waals surface area contributed by atoms with E-state index < -0.39 is 0 Å². The van der Waals surface area contributed by atoms with E-state index in [0.717, 1.165) is 18.8 Å². The highest BCUT2D eigenvalue weighted by Crippen LogP contribution is 2.17. The van der Waals surface area contributed by atoms with Gasteiger partial charge in [0, 0.05) is 12.6 Å². The molecule has 0 unspecified atom stereocenters. The molecular weight excluding hydrogens is 463 g/mol. The van der Waals surface area contributed by atoms with Gasteiger partial charge in [0.1, 0.15) is 5.76 Å². The first-order chi connectivity index (χ1) is 13.2. The molecule has 6 heteroatoms. The number of rotatable bonds is 7. The van der Waals surface area contributed by atoms with Crippen molar-refractivity contribution in [1.29, 1.82) is 0 Å². The summed E-state index contributed by atoms with van der Waals surface area (Å²) in [5, 5.41) is 3.42. The Labute approximate surface area is 185 Å². The fourth-order valence-corrected chi connectivity index (χ4v) is 3.73. The molecule has 0 amide bonds. The van der Waals surface area contributed by atoms with E-state index in [9.17, 15) is 0 Å². The van der Waals surface area contributed by atoms with E-state index in [0.29, 0.717) is 18.5 Å². The summed E-state index contributed by atoms with van der Waals surface area (Å²) in [7, 11) is 2.10. The number of nitrogens with zero attached hydrogens (tertiary/aromatic N) is 2. The van der Waals surface area contributed by atoms with E-state index in [1.165, 1.54) is 49.7 Å². The average molecular weight is 496 g/mol. The molecule has 0 saturated heterocycles. The van der Waals surface area contributed by atoms with Crippen LogP contribution < -0.4 is 11.1 Å². The SMILES string of the molecule is CN(Cc1ccco1)Cc1ccccc1CN=C(N)NC1CCCCCC1.I. The zero-order valence-electron chi connectivity index (χ0n) is 16.8. The van der Waals surface area contributed by atoms with Crippen LogP contribution >= 0.6 is 24.0 Å². The van der Waals surface area contributed by atoms with Crippen LogP contribution in [-0.4, -0.2) is 23.9 Å². The molecule has 1 aliphatic rings. The average Bonchev–Trinajstić information content (AvgIpc) is 3.03. The predicted octanol–water partition coefficient (Wildman–Crippen LogP) is 4.66. The second-order valence-electron chi connectivity index (χ2n) is 7.55. The van der Waals surface area contributed by atoms with Crippen LogP contribution in [0.3, 0.4) is 0 Å². The fraction of sp³-hybridized carbons (Fsp3) is 0.500. The van der Waals surface area contributed by atoms with Gasteiger partial charge in [-0.05, 0) is 43.1 Å². The Hall–Kier alpha value is -1.54. The standard InChI is InChI=1S/C22H32N4O.HI/c1-26(17-21-13-8-14-27-21)16-19-10-7-6-9-18(19)15-24-22(23)25-20-11-4-2-3-5-12-20;/h6-10,13-14,20H,2-5,11-12,15-17H2,1H3,(H3,23,24,25);1H. The molecule has 2 aromatic rings. The Morgan fingerprint density at radius 3 is 2.46 bits per heavy atom. The summed E-state index contributed by atoms with van der Waals surface area (Å²) < 4.78 is 5.44.